The van der Waals surface area contributed by atoms with Gasteiger partial charge in [0.15, 0.2) is 5.65 Å². The molecule has 0 amide bonds. The van der Waals surface area contributed by atoms with Crippen molar-refractivity contribution < 1.29 is 0 Å². The maximum Gasteiger partial charge on any atom is 0.165 e. The Kier molecular flexibility index (Phi) is 4.51. The molecule has 4 rings (SSSR count). The van der Waals surface area contributed by atoms with E-state index in [2.05, 4.69) is 37.3 Å². The predicted molar refractivity (Wildman–Crippen MR) is 111 cm³/mol. The SMILES string of the molecule is CC(C)(/C(=N/N)NN)c1cccn2c(C3(c4ccc(Cl)cc4)CCC3)nnc12. The van der Waals surface area contributed by atoms with E-state index in [4.69, 9.17) is 23.3 Å². The fourth-order valence-electron chi connectivity index (χ4n) is 4.18. The molecule has 146 valence electrons. The third-order valence-electron chi connectivity index (χ3n) is 6.00. The molecule has 1 saturated carbocycles. The number of fused-ring (bicyclic) bond motifs is 1. The third-order valence-corrected chi connectivity index (χ3v) is 6.25. The number of hydrazone groups is 1. The van der Waals surface area contributed by atoms with Crippen molar-refractivity contribution in [3.05, 3.63) is 64.6 Å². The van der Waals surface area contributed by atoms with E-state index in [1.54, 1.807) is 0 Å². The minimum Gasteiger partial charge on any atom is -0.322 e. The molecular formula is C20H24ClN7. The molecule has 0 saturated heterocycles. The molecule has 0 atom stereocenters. The summed E-state index contributed by atoms with van der Waals surface area (Å²) >= 11 is 6.10. The summed E-state index contributed by atoms with van der Waals surface area (Å²) in [5.74, 6) is 12.6. The van der Waals surface area contributed by atoms with Crippen LogP contribution < -0.4 is 17.1 Å². The largest absolute Gasteiger partial charge is 0.322 e. The second kappa shape index (κ2) is 6.76. The van der Waals surface area contributed by atoms with Crippen LogP contribution in [0.4, 0.5) is 0 Å². The Morgan fingerprint density at radius 2 is 1.93 bits per heavy atom. The Morgan fingerprint density at radius 3 is 2.50 bits per heavy atom. The monoisotopic (exact) mass is 397 g/mol. The van der Waals surface area contributed by atoms with Gasteiger partial charge in [0.05, 0.1) is 10.8 Å². The fourth-order valence-corrected chi connectivity index (χ4v) is 4.30. The molecule has 3 aromatic rings. The van der Waals surface area contributed by atoms with Gasteiger partial charge in [-0.1, -0.05) is 36.2 Å². The third kappa shape index (κ3) is 2.65. The van der Waals surface area contributed by atoms with E-state index in [9.17, 15) is 0 Å². The minimum absolute atomic E-state index is 0.149. The second-order valence-corrected chi connectivity index (χ2v) is 8.27. The maximum absolute atomic E-state index is 6.10. The van der Waals surface area contributed by atoms with Gasteiger partial charge in [0.2, 0.25) is 0 Å². The molecular weight excluding hydrogens is 374 g/mol. The summed E-state index contributed by atoms with van der Waals surface area (Å²) in [6.07, 6.45) is 5.23. The topological polar surface area (TPSA) is 107 Å². The second-order valence-electron chi connectivity index (χ2n) is 7.83. The number of aromatic nitrogens is 3. The molecule has 28 heavy (non-hydrogen) atoms. The van der Waals surface area contributed by atoms with Crippen LogP contribution in [0, 0.1) is 0 Å². The highest BCUT2D eigenvalue weighted by Crippen LogP contribution is 2.48. The van der Waals surface area contributed by atoms with Gasteiger partial charge in [0.1, 0.15) is 11.7 Å². The summed E-state index contributed by atoms with van der Waals surface area (Å²) in [6, 6.07) is 12.1. The zero-order valence-corrected chi connectivity index (χ0v) is 16.7. The Hall–Kier alpha value is -2.64. The Balaban J connectivity index is 1.88. The van der Waals surface area contributed by atoms with Crippen molar-refractivity contribution in [1.82, 2.24) is 20.0 Å². The number of rotatable bonds is 4. The summed E-state index contributed by atoms with van der Waals surface area (Å²) in [4.78, 5) is 0. The summed E-state index contributed by atoms with van der Waals surface area (Å²) in [5, 5.41) is 13.7. The first-order valence-electron chi connectivity index (χ1n) is 9.30. The molecule has 2 aromatic heterocycles. The maximum atomic E-state index is 6.10. The van der Waals surface area contributed by atoms with E-state index in [0.29, 0.717) is 5.84 Å². The lowest BCUT2D eigenvalue weighted by Gasteiger charge is -2.41. The van der Waals surface area contributed by atoms with Gasteiger partial charge in [-0.3, -0.25) is 4.40 Å². The van der Waals surface area contributed by atoms with Crippen molar-refractivity contribution in [2.45, 2.75) is 43.9 Å². The Morgan fingerprint density at radius 1 is 1.21 bits per heavy atom. The van der Waals surface area contributed by atoms with Crippen molar-refractivity contribution in [3.63, 3.8) is 0 Å². The van der Waals surface area contributed by atoms with Gasteiger partial charge >= 0.3 is 0 Å². The number of nitrogens with zero attached hydrogens (tertiary/aromatic N) is 4. The number of hydrogen-bond donors (Lipinski definition) is 3. The van der Waals surface area contributed by atoms with E-state index in [1.165, 1.54) is 5.56 Å². The first kappa shape index (κ1) is 18.7. The lowest BCUT2D eigenvalue weighted by atomic mass is 9.64. The Bertz CT molecular complexity index is 1030. The lowest BCUT2D eigenvalue weighted by molar-refractivity contribution is 0.283. The van der Waals surface area contributed by atoms with Gasteiger partial charge in [-0.05, 0) is 50.5 Å². The van der Waals surface area contributed by atoms with Crippen molar-refractivity contribution >= 4 is 23.1 Å². The van der Waals surface area contributed by atoms with E-state index < -0.39 is 5.41 Å². The smallest absolute Gasteiger partial charge is 0.165 e. The normalized spacial score (nSPS) is 16.8. The zero-order valence-electron chi connectivity index (χ0n) is 16.0. The van der Waals surface area contributed by atoms with Gasteiger partial charge in [0.25, 0.3) is 0 Å². The van der Waals surface area contributed by atoms with Crippen LogP contribution in [0.25, 0.3) is 5.65 Å². The minimum atomic E-state index is -0.552. The molecule has 1 aliphatic carbocycles. The van der Waals surface area contributed by atoms with Crippen LogP contribution in [0.15, 0.2) is 47.7 Å². The predicted octanol–water partition coefficient (Wildman–Crippen LogP) is 2.87. The van der Waals surface area contributed by atoms with E-state index >= 15 is 0 Å². The van der Waals surface area contributed by atoms with Crippen LogP contribution in [0.1, 0.15) is 50.1 Å². The highest BCUT2D eigenvalue weighted by molar-refractivity contribution is 6.30. The van der Waals surface area contributed by atoms with Crippen molar-refractivity contribution in [2.24, 2.45) is 16.8 Å². The van der Waals surface area contributed by atoms with E-state index in [1.807, 2.05) is 44.3 Å². The molecule has 0 bridgehead atoms. The van der Waals surface area contributed by atoms with Crippen molar-refractivity contribution in [2.75, 3.05) is 0 Å². The number of amidine groups is 1. The number of benzene rings is 1. The van der Waals surface area contributed by atoms with E-state index in [0.717, 1.165) is 41.3 Å². The average Bonchev–Trinajstić information content (AvgIpc) is 3.07. The molecule has 0 spiro atoms. The van der Waals surface area contributed by atoms with Gasteiger partial charge < -0.3 is 11.3 Å². The highest BCUT2D eigenvalue weighted by atomic mass is 35.5. The fraction of sp³-hybridized carbons (Fsp3) is 0.350. The van der Waals surface area contributed by atoms with Crippen LogP contribution in [0.3, 0.4) is 0 Å². The quantitative estimate of drug-likeness (QED) is 0.271. The van der Waals surface area contributed by atoms with Crippen LogP contribution in [-0.2, 0) is 10.8 Å². The summed E-state index contributed by atoms with van der Waals surface area (Å²) in [5.41, 5.74) is 4.84. The number of nitrogens with two attached hydrogens (primary N) is 2. The van der Waals surface area contributed by atoms with Crippen molar-refractivity contribution in [1.29, 1.82) is 0 Å². The standard InChI is InChI=1S/C20H24ClN7/c1-19(2,17(24-22)25-23)15-5-3-12-28-16(15)26-27-18(28)20(10-4-11-20)13-6-8-14(21)9-7-13/h3,5-9,12H,4,10-11,22-23H2,1-2H3,(H,24,25). The molecule has 1 aromatic carbocycles. The average molecular weight is 398 g/mol. The number of pyridine rings is 1. The first-order chi connectivity index (χ1) is 13.4. The molecule has 2 heterocycles. The van der Waals surface area contributed by atoms with Gasteiger partial charge in [-0.25, -0.2) is 5.84 Å². The van der Waals surface area contributed by atoms with Crippen molar-refractivity contribution in [3.8, 4) is 0 Å². The number of hydrogen-bond acceptors (Lipinski definition) is 5. The molecule has 0 radical (unpaired) electrons. The molecule has 5 N–H and O–H groups in total. The molecule has 0 unspecified atom stereocenters. The summed E-state index contributed by atoms with van der Waals surface area (Å²) in [6.45, 7) is 4.00. The molecule has 8 heteroatoms. The summed E-state index contributed by atoms with van der Waals surface area (Å²) < 4.78 is 2.08. The Labute approximate surface area is 168 Å². The van der Waals surface area contributed by atoms with Gasteiger partial charge in [0, 0.05) is 16.8 Å². The first-order valence-corrected chi connectivity index (χ1v) is 9.67. The molecule has 0 aliphatic heterocycles. The lowest BCUT2D eigenvalue weighted by Crippen LogP contribution is -2.45. The molecule has 1 fully saturated rings. The number of nitrogens with one attached hydrogen (secondary N) is 1. The van der Waals surface area contributed by atoms with Gasteiger partial charge in [-0.15, -0.1) is 10.2 Å². The van der Waals surface area contributed by atoms with Crippen LogP contribution >= 0.6 is 11.6 Å². The van der Waals surface area contributed by atoms with Crippen LogP contribution in [0.2, 0.25) is 5.02 Å². The van der Waals surface area contributed by atoms with Crippen LogP contribution in [-0.4, -0.2) is 20.4 Å². The summed E-state index contributed by atoms with van der Waals surface area (Å²) in [7, 11) is 0. The van der Waals surface area contributed by atoms with E-state index in [-0.39, 0.29) is 5.41 Å². The van der Waals surface area contributed by atoms with Crippen LogP contribution in [0.5, 0.6) is 0 Å². The zero-order chi connectivity index (χ0) is 19.9. The van der Waals surface area contributed by atoms with Gasteiger partial charge in [-0.2, -0.15) is 5.10 Å². The number of hydrazine groups is 1. The molecule has 7 nitrogen and oxygen atoms in total. The highest BCUT2D eigenvalue weighted by Gasteiger charge is 2.44. The molecule has 1 aliphatic rings. The number of halogens is 1.